The minimum Gasteiger partial charge on any atom is -0.431 e. The normalized spacial score (nSPS) is 11.5. The molecule has 116 valence electrons. The van der Waals surface area contributed by atoms with E-state index in [4.69, 9.17) is 8.83 Å². The summed E-state index contributed by atoms with van der Waals surface area (Å²) in [6.45, 7) is 0. The van der Waals surface area contributed by atoms with Gasteiger partial charge in [-0.15, -0.1) is 0 Å². The van der Waals surface area contributed by atoms with Crippen LogP contribution in [0, 0.1) is 0 Å². The van der Waals surface area contributed by atoms with E-state index in [1.165, 1.54) is 11.8 Å². The third-order valence-electron chi connectivity index (χ3n) is 3.55. The van der Waals surface area contributed by atoms with E-state index < -0.39 is 0 Å². The van der Waals surface area contributed by atoms with Crippen LogP contribution in [0.15, 0.2) is 80.1 Å². The van der Waals surface area contributed by atoms with Gasteiger partial charge in [0.15, 0.2) is 16.3 Å². The van der Waals surface area contributed by atoms with Crippen molar-refractivity contribution in [2.24, 2.45) is 0 Å². The molecule has 0 radical (unpaired) electrons. The molecule has 5 aromatic rings. The summed E-state index contributed by atoms with van der Waals surface area (Å²) in [6.07, 6.45) is 3.50. The van der Waals surface area contributed by atoms with Gasteiger partial charge in [0.25, 0.3) is 5.22 Å². The summed E-state index contributed by atoms with van der Waals surface area (Å²) >= 11 is 1.33. The maximum Gasteiger partial charge on any atom is 0.308 e. The Bertz CT molecular complexity index is 1090. The number of para-hydroxylation sites is 4. The molecular weight excluding hydrogens is 324 g/mol. The maximum absolute atomic E-state index is 5.80. The largest absolute Gasteiger partial charge is 0.431 e. The fourth-order valence-corrected chi connectivity index (χ4v) is 3.23. The van der Waals surface area contributed by atoms with Gasteiger partial charge in [-0.3, -0.25) is 0 Å². The third kappa shape index (κ3) is 2.17. The third-order valence-corrected chi connectivity index (χ3v) is 4.38. The van der Waals surface area contributed by atoms with Crippen LogP contribution in [0.2, 0.25) is 0 Å². The van der Waals surface area contributed by atoms with E-state index >= 15 is 0 Å². The first kappa shape index (κ1) is 13.4. The summed E-state index contributed by atoms with van der Waals surface area (Å²) in [7, 11) is 0. The van der Waals surface area contributed by atoms with Crippen LogP contribution in [0.5, 0.6) is 0 Å². The monoisotopic (exact) mass is 334 g/mol. The van der Waals surface area contributed by atoms with Gasteiger partial charge in [0, 0.05) is 24.2 Å². The van der Waals surface area contributed by atoms with Gasteiger partial charge in [0.05, 0.1) is 0 Å². The first-order valence-corrected chi connectivity index (χ1v) is 8.11. The Balaban J connectivity index is 1.54. The highest BCUT2D eigenvalue weighted by molar-refractivity contribution is 7.99. The fraction of sp³-hybridized carbons (Fsp3) is 0. The standard InChI is InChI=1S/C17H10N4O2S/c1-3-7-13-11(5-1)19-15(22-13)21-10-9-18-16(21)24-17-20-12-6-2-4-8-14(12)23-17/h1-10H. The lowest BCUT2D eigenvalue weighted by Gasteiger charge is -1.99. The van der Waals surface area contributed by atoms with Gasteiger partial charge in [-0.1, -0.05) is 24.3 Å². The topological polar surface area (TPSA) is 69.9 Å². The van der Waals surface area contributed by atoms with Crippen molar-refractivity contribution in [1.82, 2.24) is 19.5 Å². The molecule has 0 spiro atoms. The molecule has 0 bridgehead atoms. The lowest BCUT2D eigenvalue weighted by molar-refractivity contribution is 0.487. The second-order valence-electron chi connectivity index (χ2n) is 5.09. The summed E-state index contributed by atoms with van der Waals surface area (Å²) in [6, 6.07) is 15.8. The summed E-state index contributed by atoms with van der Waals surface area (Å²) in [5, 5.41) is 1.20. The van der Waals surface area contributed by atoms with Crippen LogP contribution >= 0.6 is 11.8 Å². The molecule has 0 aliphatic carbocycles. The minimum absolute atomic E-state index is 0.465. The number of benzene rings is 2. The molecule has 3 aromatic heterocycles. The van der Waals surface area contributed by atoms with Crippen LogP contribution in [0.4, 0.5) is 0 Å². The van der Waals surface area contributed by atoms with E-state index in [1.807, 2.05) is 48.5 Å². The molecule has 0 aliphatic heterocycles. The molecule has 6 nitrogen and oxygen atoms in total. The second-order valence-corrected chi connectivity index (χ2v) is 6.01. The Hall–Kier alpha value is -3.06. The highest BCUT2D eigenvalue weighted by Crippen LogP contribution is 2.30. The van der Waals surface area contributed by atoms with Crippen LogP contribution < -0.4 is 0 Å². The molecule has 0 saturated heterocycles. The van der Waals surface area contributed by atoms with Gasteiger partial charge >= 0.3 is 6.01 Å². The predicted molar refractivity (Wildman–Crippen MR) is 89.3 cm³/mol. The van der Waals surface area contributed by atoms with Gasteiger partial charge in [-0.05, 0) is 24.3 Å². The lowest BCUT2D eigenvalue weighted by atomic mass is 10.3. The number of fused-ring (bicyclic) bond motifs is 2. The van der Waals surface area contributed by atoms with Crippen molar-refractivity contribution >= 4 is 34.0 Å². The van der Waals surface area contributed by atoms with Crippen LogP contribution in [0.3, 0.4) is 0 Å². The molecule has 0 fully saturated rings. The molecular formula is C17H10N4O2S. The summed E-state index contributed by atoms with van der Waals surface area (Å²) in [5.74, 6) is 0. The number of nitrogens with zero attached hydrogens (tertiary/aromatic N) is 4. The zero-order valence-electron chi connectivity index (χ0n) is 12.3. The molecule has 0 amide bonds. The summed E-state index contributed by atoms with van der Waals surface area (Å²) in [4.78, 5) is 13.3. The fourth-order valence-electron chi connectivity index (χ4n) is 2.45. The molecule has 0 unspecified atom stereocenters. The van der Waals surface area contributed by atoms with Crippen molar-refractivity contribution in [3.63, 3.8) is 0 Å². The van der Waals surface area contributed by atoms with Crippen molar-refractivity contribution in [3.8, 4) is 6.01 Å². The smallest absolute Gasteiger partial charge is 0.308 e. The van der Waals surface area contributed by atoms with Crippen molar-refractivity contribution < 1.29 is 8.83 Å². The summed E-state index contributed by atoms with van der Waals surface area (Å²) in [5.41, 5.74) is 3.11. The van der Waals surface area contributed by atoms with E-state index in [0.29, 0.717) is 16.4 Å². The van der Waals surface area contributed by atoms with Crippen molar-refractivity contribution in [3.05, 3.63) is 60.9 Å². The molecule has 5 rings (SSSR count). The highest BCUT2D eigenvalue weighted by atomic mass is 32.2. The Morgan fingerprint density at radius 2 is 1.54 bits per heavy atom. The summed E-state index contributed by atoms with van der Waals surface area (Å²) < 4.78 is 13.3. The quantitative estimate of drug-likeness (QED) is 0.490. The van der Waals surface area contributed by atoms with Crippen LogP contribution in [0.25, 0.3) is 28.2 Å². The highest BCUT2D eigenvalue weighted by Gasteiger charge is 2.15. The van der Waals surface area contributed by atoms with Crippen molar-refractivity contribution in [2.45, 2.75) is 10.4 Å². The number of aromatic nitrogens is 4. The molecule has 0 aliphatic rings. The van der Waals surface area contributed by atoms with Gasteiger partial charge in [-0.2, -0.15) is 4.98 Å². The SMILES string of the molecule is c1ccc2oc(Sc3nccn3-c3nc4ccccc4o3)nc2c1. The zero-order chi connectivity index (χ0) is 15.9. The Morgan fingerprint density at radius 1 is 0.833 bits per heavy atom. The van der Waals surface area contributed by atoms with E-state index in [-0.39, 0.29) is 0 Å². The molecule has 3 heterocycles. The zero-order valence-corrected chi connectivity index (χ0v) is 13.1. The van der Waals surface area contributed by atoms with E-state index in [9.17, 15) is 0 Å². The number of oxazole rings is 2. The molecule has 2 aromatic carbocycles. The average molecular weight is 334 g/mol. The Morgan fingerprint density at radius 3 is 2.29 bits per heavy atom. The van der Waals surface area contributed by atoms with Crippen LogP contribution in [0.1, 0.15) is 0 Å². The first-order chi connectivity index (χ1) is 11.9. The van der Waals surface area contributed by atoms with E-state index in [0.717, 1.165) is 22.2 Å². The second kappa shape index (κ2) is 5.24. The number of hydrogen-bond donors (Lipinski definition) is 0. The van der Waals surface area contributed by atoms with E-state index in [1.54, 1.807) is 17.0 Å². The van der Waals surface area contributed by atoms with Gasteiger partial charge in [-0.25, -0.2) is 14.5 Å². The number of hydrogen-bond acceptors (Lipinski definition) is 6. The van der Waals surface area contributed by atoms with Crippen molar-refractivity contribution in [1.29, 1.82) is 0 Å². The molecule has 0 saturated carbocycles. The molecule has 24 heavy (non-hydrogen) atoms. The van der Waals surface area contributed by atoms with Crippen LogP contribution in [-0.4, -0.2) is 19.5 Å². The number of imidazole rings is 1. The maximum atomic E-state index is 5.80. The average Bonchev–Trinajstić information content (AvgIpc) is 3.31. The Kier molecular flexibility index (Phi) is 2.92. The molecule has 0 atom stereocenters. The number of rotatable bonds is 3. The predicted octanol–water partition coefficient (Wildman–Crippen LogP) is 4.31. The van der Waals surface area contributed by atoms with Gasteiger partial charge in [0.1, 0.15) is 11.0 Å². The van der Waals surface area contributed by atoms with Crippen LogP contribution in [-0.2, 0) is 0 Å². The van der Waals surface area contributed by atoms with Crippen molar-refractivity contribution in [2.75, 3.05) is 0 Å². The lowest BCUT2D eigenvalue weighted by Crippen LogP contribution is -1.94. The molecule has 7 heteroatoms. The molecule has 0 N–H and O–H groups in total. The first-order valence-electron chi connectivity index (χ1n) is 7.29. The van der Waals surface area contributed by atoms with Gasteiger partial charge in [0.2, 0.25) is 0 Å². The Labute approximate surface area is 140 Å². The minimum atomic E-state index is 0.465. The van der Waals surface area contributed by atoms with Gasteiger partial charge < -0.3 is 8.83 Å². The van der Waals surface area contributed by atoms with E-state index in [2.05, 4.69) is 15.0 Å².